The van der Waals surface area contributed by atoms with Crippen molar-refractivity contribution >= 4 is 29.9 Å². The normalized spacial score (nSPS) is 9.82. The molecule has 0 saturated heterocycles. The van der Waals surface area contributed by atoms with Crippen LogP contribution in [0.4, 0.5) is 0 Å². The first-order valence-electron chi connectivity index (χ1n) is 5.17. The van der Waals surface area contributed by atoms with Gasteiger partial charge in [0.15, 0.2) is 0 Å². The number of nitrogens with zero attached hydrogens (tertiary/aromatic N) is 1. The number of halogens is 2. The molecule has 1 heterocycles. The summed E-state index contributed by atoms with van der Waals surface area (Å²) in [5.41, 5.74) is 1.55. The van der Waals surface area contributed by atoms with E-state index < -0.39 is 0 Å². The van der Waals surface area contributed by atoms with Crippen molar-refractivity contribution in [3.8, 4) is 0 Å². The molecule has 0 fully saturated rings. The highest BCUT2D eigenvalue weighted by molar-refractivity contribution is 6.29. The number of likely N-dealkylation sites (N-methyl/N-ethyl adjacent to an activating group) is 1. The largest absolute Gasteiger partial charge is 0.355 e. The van der Waals surface area contributed by atoms with Gasteiger partial charge in [-0.3, -0.25) is 4.79 Å². The van der Waals surface area contributed by atoms with Gasteiger partial charge in [-0.2, -0.15) is 0 Å². The van der Waals surface area contributed by atoms with E-state index in [1.165, 1.54) is 0 Å². The molecule has 1 aromatic rings. The number of hydrogen-bond acceptors (Lipinski definition) is 4. The number of carbonyl (C=O) groups is 1. The third-order valence-electron chi connectivity index (χ3n) is 2.24. The Balaban J connectivity index is 0.00000256. The van der Waals surface area contributed by atoms with Gasteiger partial charge in [-0.1, -0.05) is 5.16 Å². The van der Waals surface area contributed by atoms with Gasteiger partial charge in [0.25, 0.3) is 0 Å². The van der Waals surface area contributed by atoms with E-state index in [0.29, 0.717) is 19.4 Å². The van der Waals surface area contributed by atoms with Crippen LogP contribution in [-0.2, 0) is 11.2 Å². The molecular formula is C10H17Cl2N3O2. The minimum atomic E-state index is 0. The number of nitrogens with one attached hydrogen (secondary N) is 2. The molecule has 0 unspecified atom stereocenters. The van der Waals surface area contributed by atoms with Crippen molar-refractivity contribution in [2.45, 2.75) is 19.8 Å². The molecular weight excluding hydrogens is 265 g/mol. The number of aromatic nitrogens is 1. The fraction of sp³-hybridized carbons (Fsp3) is 0.600. The monoisotopic (exact) mass is 281 g/mol. The first kappa shape index (κ1) is 16.2. The van der Waals surface area contributed by atoms with E-state index in [-0.39, 0.29) is 23.5 Å². The Morgan fingerprint density at radius 1 is 1.47 bits per heavy atom. The van der Waals surface area contributed by atoms with Gasteiger partial charge in [0.1, 0.15) is 0 Å². The van der Waals surface area contributed by atoms with Crippen molar-refractivity contribution in [2.75, 3.05) is 20.1 Å². The Hall–Kier alpha value is -0.780. The number of carbonyl (C=O) groups excluding carboxylic acids is 1. The highest BCUT2D eigenvalue weighted by Crippen LogP contribution is 2.20. The highest BCUT2D eigenvalue weighted by atomic mass is 35.5. The third-order valence-corrected chi connectivity index (χ3v) is 2.53. The molecule has 17 heavy (non-hydrogen) atoms. The maximum atomic E-state index is 11.4. The summed E-state index contributed by atoms with van der Waals surface area (Å²) in [4.78, 5) is 11.4. The molecule has 0 atom stereocenters. The summed E-state index contributed by atoms with van der Waals surface area (Å²) in [6.45, 7) is 3.20. The molecule has 0 aromatic carbocycles. The molecule has 0 aliphatic rings. The quantitative estimate of drug-likeness (QED) is 0.772. The molecule has 0 radical (unpaired) electrons. The van der Waals surface area contributed by atoms with E-state index >= 15 is 0 Å². The van der Waals surface area contributed by atoms with E-state index in [1.54, 1.807) is 0 Å². The topological polar surface area (TPSA) is 67.2 Å². The molecule has 5 nitrogen and oxygen atoms in total. The molecule has 0 aliphatic heterocycles. The molecule has 1 rings (SSSR count). The summed E-state index contributed by atoms with van der Waals surface area (Å²) < 4.78 is 4.80. The van der Waals surface area contributed by atoms with Crippen LogP contribution in [0, 0.1) is 6.92 Å². The van der Waals surface area contributed by atoms with Crippen molar-refractivity contribution in [2.24, 2.45) is 0 Å². The summed E-state index contributed by atoms with van der Waals surface area (Å²) in [6.07, 6.45) is 0.949. The van der Waals surface area contributed by atoms with Crippen LogP contribution in [0.5, 0.6) is 0 Å². The van der Waals surface area contributed by atoms with Crippen molar-refractivity contribution in [1.82, 2.24) is 15.8 Å². The van der Waals surface area contributed by atoms with Gasteiger partial charge < -0.3 is 15.2 Å². The Labute approximate surface area is 112 Å². The van der Waals surface area contributed by atoms with Crippen LogP contribution in [0.1, 0.15) is 17.7 Å². The number of hydrogen-bond donors (Lipinski definition) is 2. The number of amides is 1. The molecule has 2 N–H and O–H groups in total. The summed E-state index contributed by atoms with van der Waals surface area (Å²) >= 11 is 5.78. The van der Waals surface area contributed by atoms with Crippen LogP contribution < -0.4 is 10.6 Å². The van der Waals surface area contributed by atoms with Crippen LogP contribution in [-0.4, -0.2) is 31.2 Å². The van der Waals surface area contributed by atoms with Crippen molar-refractivity contribution in [1.29, 1.82) is 0 Å². The number of rotatable bonds is 6. The second kappa shape index (κ2) is 8.33. The minimum Gasteiger partial charge on any atom is -0.355 e. The molecule has 0 bridgehead atoms. The SMILES string of the molecule is CNCCNC(=O)CCc1c(C)noc1Cl.Cl. The zero-order chi connectivity index (χ0) is 12.0. The predicted molar refractivity (Wildman–Crippen MR) is 68.8 cm³/mol. The third kappa shape index (κ3) is 5.39. The van der Waals surface area contributed by atoms with Gasteiger partial charge in [0.2, 0.25) is 11.1 Å². The second-order valence-corrected chi connectivity index (χ2v) is 3.82. The van der Waals surface area contributed by atoms with Gasteiger partial charge in [-0.25, -0.2) is 0 Å². The Morgan fingerprint density at radius 2 is 2.18 bits per heavy atom. The van der Waals surface area contributed by atoms with E-state index in [2.05, 4.69) is 15.8 Å². The maximum Gasteiger partial charge on any atom is 0.229 e. The van der Waals surface area contributed by atoms with Crippen LogP contribution in [0.15, 0.2) is 4.52 Å². The Kier molecular flexibility index (Phi) is 7.95. The van der Waals surface area contributed by atoms with Crippen molar-refractivity contribution < 1.29 is 9.32 Å². The van der Waals surface area contributed by atoms with Crippen molar-refractivity contribution in [3.63, 3.8) is 0 Å². The van der Waals surface area contributed by atoms with Crippen molar-refractivity contribution in [3.05, 3.63) is 16.5 Å². The predicted octanol–water partition coefficient (Wildman–Crippen LogP) is 1.33. The smallest absolute Gasteiger partial charge is 0.229 e. The molecule has 0 aliphatic carbocycles. The maximum absolute atomic E-state index is 11.4. The summed E-state index contributed by atoms with van der Waals surface area (Å²) in [6, 6.07) is 0. The van der Waals surface area contributed by atoms with Crippen LogP contribution in [0.3, 0.4) is 0 Å². The average molecular weight is 282 g/mol. The molecule has 98 valence electrons. The number of aryl methyl sites for hydroxylation is 1. The lowest BCUT2D eigenvalue weighted by Crippen LogP contribution is -2.30. The molecule has 1 amide bonds. The van der Waals surface area contributed by atoms with E-state index in [4.69, 9.17) is 16.1 Å². The lowest BCUT2D eigenvalue weighted by molar-refractivity contribution is -0.121. The zero-order valence-electron chi connectivity index (χ0n) is 9.88. The fourth-order valence-electron chi connectivity index (χ4n) is 1.29. The van der Waals surface area contributed by atoms with Gasteiger partial charge in [0.05, 0.1) is 5.69 Å². The van der Waals surface area contributed by atoms with Gasteiger partial charge in [-0.05, 0) is 32.0 Å². The molecule has 0 saturated carbocycles. The first-order chi connectivity index (χ1) is 7.65. The van der Waals surface area contributed by atoms with Gasteiger partial charge >= 0.3 is 0 Å². The molecule has 0 spiro atoms. The molecule has 1 aromatic heterocycles. The van der Waals surface area contributed by atoms with Crippen LogP contribution in [0.2, 0.25) is 5.22 Å². The van der Waals surface area contributed by atoms with E-state index in [1.807, 2.05) is 14.0 Å². The first-order valence-corrected chi connectivity index (χ1v) is 5.55. The summed E-state index contributed by atoms with van der Waals surface area (Å²) in [5, 5.41) is 9.74. The van der Waals surface area contributed by atoms with Crippen LogP contribution >= 0.6 is 24.0 Å². The second-order valence-electron chi connectivity index (χ2n) is 3.47. The lowest BCUT2D eigenvalue weighted by Gasteiger charge is -2.03. The zero-order valence-corrected chi connectivity index (χ0v) is 11.5. The van der Waals surface area contributed by atoms with E-state index in [9.17, 15) is 4.79 Å². The van der Waals surface area contributed by atoms with Gasteiger partial charge in [0, 0.05) is 25.1 Å². The Bertz CT molecular complexity index is 336. The lowest BCUT2D eigenvalue weighted by atomic mass is 10.1. The Morgan fingerprint density at radius 3 is 2.71 bits per heavy atom. The fourth-order valence-corrected chi connectivity index (χ4v) is 1.56. The summed E-state index contributed by atoms with van der Waals surface area (Å²) in [7, 11) is 1.84. The minimum absolute atomic E-state index is 0. The molecule has 7 heteroatoms. The highest BCUT2D eigenvalue weighted by Gasteiger charge is 2.12. The summed E-state index contributed by atoms with van der Waals surface area (Å²) in [5.74, 6) is 0.00640. The average Bonchev–Trinajstić information content (AvgIpc) is 2.57. The van der Waals surface area contributed by atoms with E-state index in [0.717, 1.165) is 17.8 Å². The van der Waals surface area contributed by atoms with Crippen LogP contribution in [0.25, 0.3) is 0 Å². The van der Waals surface area contributed by atoms with Gasteiger partial charge in [-0.15, -0.1) is 12.4 Å². The standard InChI is InChI=1S/C10H16ClN3O2.ClH/c1-7-8(10(11)16-14-7)3-4-9(15)13-6-5-12-2;/h12H,3-6H2,1-2H3,(H,13,15);1H.